The smallest absolute Gasteiger partial charge is 0.323 e. The fourth-order valence-electron chi connectivity index (χ4n) is 3.66. The molecular weight excluding hydrogens is 405 g/mol. The molecule has 158 valence electrons. The lowest BCUT2D eigenvalue weighted by molar-refractivity contribution is -0.136. The van der Waals surface area contributed by atoms with Crippen LogP contribution in [0.25, 0.3) is 10.8 Å². The SMILES string of the molecule is CC1C(=O)N(CC(=O)O)c2cc(F)ccc2N1C(=O)COc1cccc2cnccc12. The van der Waals surface area contributed by atoms with Crippen molar-refractivity contribution < 1.29 is 28.6 Å². The van der Waals surface area contributed by atoms with Crippen LogP contribution in [0.2, 0.25) is 0 Å². The number of fused-ring (bicyclic) bond motifs is 2. The third-order valence-electron chi connectivity index (χ3n) is 5.05. The number of hydrogen-bond donors (Lipinski definition) is 1. The molecule has 31 heavy (non-hydrogen) atoms. The number of hydrogen-bond acceptors (Lipinski definition) is 5. The molecule has 1 atom stereocenters. The number of carbonyl (C=O) groups excluding carboxylic acids is 2. The van der Waals surface area contributed by atoms with Crippen molar-refractivity contribution in [2.75, 3.05) is 23.0 Å². The first-order chi connectivity index (χ1) is 14.9. The number of pyridine rings is 1. The van der Waals surface area contributed by atoms with E-state index in [0.29, 0.717) is 5.75 Å². The Labute approximate surface area is 176 Å². The number of aromatic nitrogens is 1. The van der Waals surface area contributed by atoms with Crippen LogP contribution in [0.5, 0.6) is 5.75 Å². The van der Waals surface area contributed by atoms with Crippen molar-refractivity contribution in [2.24, 2.45) is 0 Å². The highest BCUT2D eigenvalue weighted by Crippen LogP contribution is 2.37. The second kappa shape index (κ2) is 8.02. The molecule has 0 radical (unpaired) electrons. The Balaban J connectivity index is 1.64. The molecule has 1 aromatic heterocycles. The summed E-state index contributed by atoms with van der Waals surface area (Å²) in [6.07, 6.45) is 3.29. The van der Waals surface area contributed by atoms with Crippen LogP contribution >= 0.6 is 0 Å². The van der Waals surface area contributed by atoms with Crippen molar-refractivity contribution >= 4 is 39.9 Å². The molecule has 1 N–H and O–H groups in total. The van der Waals surface area contributed by atoms with Gasteiger partial charge >= 0.3 is 5.97 Å². The van der Waals surface area contributed by atoms with Crippen LogP contribution in [0.1, 0.15) is 6.92 Å². The van der Waals surface area contributed by atoms with E-state index in [2.05, 4.69) is 4.98 Å². The minimum Gasteiger partial charge on any atom is -0.483 e. The molecule has 0 spiro atoms. The molecule has 0 saturated carbocycles. The molecule has 0 aliphatic carbocycles. The lowest BCUT2D eigenvalue weighted by atomic mass is 10.1. The number of carboxylic acid groups (broad SMARTS) is 1. The third-order valence-corrected chi connectivity index (χ3v) is 5.05. The highest BCUT2D eigenvalue weighted by molar-refractivity contribution is 6.14. The van der Waals surface area contributed by atoms with Gasteiger partial charge in [0.05, 0.1) is 11.4 Å². The van der Waals surface area contributed by atoms with Gasteiger partial charge in [-0.05, 0) is 37.3 Å². The molecule has 2 heterocycles. The standard InChI is InChI=1S/C22H18FN3O5/c1-13-22(30)25(11-21(28)29)18-9-15(23)5-6-17(18)26(13)20(27)12-31-19-4-2-3-14-10-24-8-7-16(14)19/h2-10,13H,11-12H2,1H3,(H,28,29). The molecular formula is C22H18FN3O5. The van der Waals surface area contributed by atoms with Crippen molar-refractivity contribution in [2.45, 2.75) is 13.0 Å². The largest absolute Gasteiger partial charge is 0.483 e. The van der Waals surface area contributed by atoms with E-state index < -0.39 is 36.2 Å². The maximum atomic E-state index is 13.9. The van der Waals surface area contributed by atoms with Crippen LogP contribution < -0.4 is 14.5 Å². The summed E-state index contributed by atoms with van der Waals surface area (Å²) in [5.74, 6) is -2.55. The maximum Gasteiger partial charge on any atom is 0.323 e. The number of carboxylic acids is 1. The fourth-order valence-corrected chi connectivity index (χ4v) is 3.66. The van der Waals surface area contributed by atoms with Crippen LogP contribution in [0.3, 0.4) is 0 Å². The molecule has 1 unspecified atom stereocenters. The second-order valence-electron chi connectivity index (χ2n) is 7.03. The molecule has 2 amide bonds. The highest BCUT2D eigenvalue weighted by Gasteiger charge is 2.39. The maximum absolute atomic E-state index is 13.9. The highest BCUT2D eigenvalue weighted by atomic mass is 19.1. The number of halogens is 1. The number of aliphatic carboxylic acids is 1. The van der Waals surface area contributed by atoms with E-state index in [9.17, 15) is 18.8 Å². The quantitative estimate of drug-likeness (QED) is 0.677. The summed E-state index contributed by atoms with van der Waals surface area (Å²) in [5.41, 5.74) is 0.264. The average molecular weight is 423 g/mol. The number of ether oxygens (including phenoxy) is 1. The van der Waals surface area contributed by atoms with Crippen LogP contribution in [-0.4, -0.2) is 47.1 Å². The second-order valence-corrected chi connectivity index (χ2v) is 7.03. The van der Waals surface area contributed by atoms with Crippen molar-refractivity contribution in [3.8, 4) is 5.75 Å². The van der Waals surface area contributed by atoms with E-state index in [-0.39, 0.29) is 18.0 Å². The molecule has 0 fully saturated rings. The van der Waals surface area contributed by atoms with Gasteiger partial charge in [-0.2, -0.15) is 0 Å². The minimum atomic E-state index is -1.25. The van der Waals surface area contributed by atoms with Gasteiger partial charge < -0.3 is 9.84 Å². The molecule has 8 nitrogen and oxygen atoms in total. The number of amides is 2. The summed E-state index contributed by atoms with van der Waals surface area (Å²) in [4.78, 5) is 43.3. The van der Waals surface area contributed by atoms with Crippen molar-refractivity contribution in [3.63, 3.8) is 0 Å². The number of nitrogens with zero attached hydrogens (tertiary/aromatic N) is 3. The average Bonchev–Trinajstić information content (AvgIpc) is 2.75. The molecule has 0 saturated heterocycles. The first-order valence-electron chi connectivity index (χ1n) is 9.47. The summed E-state index contributed by atoms with van der Waals surface area (Å²) in [7, 11) is 0. The number of benzene rings is 2. The van der Waals surface area contributed by atoms with E-state index in [1.807, 2.05) is 6.07 Å². The molecule has 2 aromatic carbocycles. The van der Waals surface area contributed by atoms with Gasteiger partial charge in [-0.15, -0.1) is 0 Å². The minimum absolute atomic E-state index is 0.0232. The summed E-state index contributed by atoms with van der Waals surface area (Å²) < 4.78 is 19.6. The van der Waals surface area contributed by atoms with E-state index in [4.69, 9.17) is 9.84 Å². The van der Waals surface area contributed by atoms with Crippen molar-refractivity contribution in [1.82, 2.24) is 4.98 Å². The van der Waals surface area contributed by atoms with E-state index in [0.717, 1.165) is 27.8 Å². The lowest BCUT2D eigenvalue weighted by Gasteiger charge is -2.39. The number of anilines is 2. The van der Waals surface area contributed by atoms with E-state index in [1.54, 1.807) is 30.6 Å². The molecule has 1 aliphatic rings. The summed E-state index contributed by atoms with van der Waals surface area (Å²) in [6.45, 7) is 0.488. The van der Waals surface area contributed by atoms with Crippen LogP contribution in [0.4, 0.5) is 15.8 Å². The summed E-state index contributed by atoms with van der Waals surface area (Å²) in [5, 5.41) is 10.8. The van der Waals surface area contributed by atoms with Gasteiger partial charge in [-0.25, -0.2) is 4.39 Å². The molecule has 1 aliphatic heterocycles. The van der Waals surface area contributed by atoms with Gasteiger partial charge in [0.2, 0.25) is 0 Å². The zero-order valence-corrected chi connectivity index (χ0v) is 16.5. The fraction of sp³-hybridized carbons (Fsp3) is 0.182. The summed E-state index contributed by atoms with van der Waals surface area (Å²) in [6, 6.07) is 9.69. The van der Waals surface area contributed by atoms with Crippen molar-refractivity contribution in [3.05, 3.63) is 60.7 Å². The van der Waals surface area contributed by atoms with Gasteiger partial charge in [0.25, 0.3) is 11.8 Å². The van der Waals surface area contributed by atoms with Gasteiger partial charge in [0.1, 0.15) is 24.2 Å². The molecule has 3 aromatic rings. The predicted molar refractivity (Wildman–Crippen MR) is 111 cm³/mol. The molecule has 0 bridgehead atoms. The van der Waals surface area contributed by atoms with Gasteiger partial charge in [0, 0.05) is 23.2 Å². The molecule has 9 heteroatoms. The Morgan fingerprint density at radius 1 is 1.19 bits per heavy atom. The van der Waals surface area contributed by atoms with Gasteiger partial charge in [-0.1, -0.05) is 12.1 Å². The van der Waals surface area contributed by atoms with E-state index >= 15 is 0 Å². The predicted octanol–water partition coefficient (Wildman–Crippen LogP) is 2.61. The Kier molecular flexibility index (Phi) is 5.24. The van der Waals surface area contributed by atoms with E-state index in [1.165, 1.54) is 17.9 Å². The van der Waals surface area contributed by atoms with Gasteiger partial charge in [0.15, 0.2) is 6.61 Å². The van der Waals surface area contributed by atoms with Crippen LogP contribution in [0, 0.1) is 5.82 Å². The Hall–Kier alpha value is -4.01. The Bertz CT molecular complexity index is 1190. The normalized spacial score (nSPS) is 15.7. The lowest BCUT2D eigenvalue weighted by Crippen LogP contribution is -2.56. The summed E-state index contributed by atoms with van der Waals surface area (Å²) >= 11 is 0. The number of carbonyl (C=O) groups is 3. The first-order valence-corrected chi connectivity index (χ1v) is 9.47. The number of rotatable bonds is 5. The zero-order valence-electron chi connectivity index (χ0n) is 16.5. The molecule has 4 rings (SSSR count). The first kappa shape index (κ1) is 20.3. The Morgan fingerprint density at radius 2 is 2.00 bits per heavy atom. The Morgan fingerprint density at radius 3 is 2.77 bits per heavy atom. The third kappa shape index (κ3) is 3.77. The van der Waals surface area contributed by atoms with Crippen LogP contribution in [0.15, 0.2) is 54.9 Å². The van der Waals surface area contributed by atoms with Crippen LogP contribution in [-0.2, 0) is 14.4 Å². The topological polar surface area (TPSA) is 100 Å². The van der Waals surface area contributed by atoms with Gasteiger partial charge in [-0.3, -0.25) is 29.2 Å². The van der Waals surface area contributed by atoms with Crippen molar-refractivity contribution in [1.29, 1.82) is 0 Å². The zero-order chi connectivity index (χ0) is 22.1. The monoisotopic (exact) mass is 423 g/mol.